The van der Waals surface area contributed by atoms with Crippen molar-refractivity contribution < 1.29 is 4.74 Å². The summed E-state index contributed by atoms with van der Waals surface area (Å²) < 4.78 is 8.25. The molecule has 4 rings (SSSR count). The summed E-state index contributed by atoms with van der Waals surface area (Å²) >= 11 is 0. The third kappa shape index (κ3) is 4.19. The predicted molar refractivity (Wildman–Crippen MR) is 120 cm³/mol. The summed E-state index contributed by atoms with van der Waals surface area (Å²) in [5.74, 6) is 0.902. The SMILES string of the molecule is CCOC(n1ccc2nc(-c3cccnc3NC3CCNC3)cnc21)[Si](C)(C)C. The van der Waals surface area contributed by atoms with Gasteiger partial charge in [0, 0.05) is 37.2 Å². The van der Waals surface area contributed by atoms with Crippen LogP contribution in [0.5, 0.6) is 0 Å². The quantitative estimate of drug-likeness (QED) is 0.579. The van der Waals surface area contributed by atoms with Crippen molar-refractivity contribution in [3.8, 4) is 11.3 Å². The summed E-state index contributed by atoms with van der Waals surface area (Å²) in [6, 6.07) is 6.42. The van der Waals surface area contributed by atoms with Crippen molar-refractivity contribution in [1.29, 1.82) is 0 Å². The van der Waals surface area contributed by atoms with Crippen molar-refractivity contribution in [2.75, 3.05) is 25.0 Å². The molecule has 0 aliphatic carbocycles. The average molecular weight is 411 g/mol. The van der Waals surface area contributed by atoms with Gasteiger partial charge in [0.25, 0.3) is 0 Å². The molecule has 7 nitrogen and oxygen atoms in total. The molecule has 0 radical (unpaired) electrons. The zero-order valence-corrected chi connectivity index (χ0v) is 18.6. The summed E-state index contributed by atoms with van der Waals surface area (Å²) in [5, 5.41) is 6.94. The van der Waals surface area contributed by atoms with Gasteiger partial charge in [0.15, 0.2) is 5.65 Å². The van der Waals surface area contributed by atoms with E-state index in [-0.39, 0.29) is 5.85 Å². The monoisotopic (exact) mass is 410 g/mol. The molecule has 2 N–H and O–H groups in total. The number of pyridine rings is 1. The maximum absolute atomic E-state index is 6.10. The predicted octanol–water partition coefficient (Wildman–Crippen LogP) is 3.68. The number of nitrogens with one attached hydrogen (secondary N) is 2. The Morgan fingerprint density at radius 1 is 1.31 bits per heavy atom. The summed E-state index contributed by atoms with van der Waals surface area (Å²) in [7, 11) is -1.59. The molecule has 2 unspecified atom stereocenters. The van der Waals surface area contributed by atoms with Gasteiger partial charge in [-0.05, 0) is 38.1 Å². The molecule has 0 saturated carbocycles. The molecule has 0 bridgehead atoms. The Hall–Kier alpha value is -2.29. The average Bonchev–Trinajstić information content (AvgIpc) is 3.35. The van der Waals surface area contributed by atoms with E-state index in [1.807, 2.05) is 31.5 Å². The van der Waals surface area contributed by atoms with Crippen LogP contribution in [0.1, 0.15) is 19.2 Å². The minimum absolute atomic E-state index is 0.0376. The van der Waals surface area contributed by atoms with E-state index in [1.165, 1.54) is 0 Å². The molecule has 3 aromatic heterocycles. The lowest BCUT2D eigenvalue weighted by atomic mass is 10.1. The Kier molecular flexibility index (Phi) is 5.66. The Morgan fingerprint density at radius 2 is 2.17 bits per heavy atom. The normalized spacial score (nSPS) is 18.3. The molecule has 0 spiro atoms. The number of rotatable bonds is 7. The summed E-state index contributed by atoms with van der Waals surface area (Å²) in [4.78, 5) is 14.3. The van der Waals surface area contributed by atoms with Gasteiger partial charge >= 0.3 is 0 Å². The van der Waals surface area contributed by atoms with Crippen molar-refractivity contribution in [1.82, 2.24) is 24.8 Å². The minimum atomic E-state index is -1.59. The van der Waals surface area contributed by atoms with E-state index in [0.717, 1.165) is 47.7 Å². The molecular weight excluding hydrogens is 380 g/mol. The molecule has 0 aromatic carbocycles. The lowest BCUT2D eigenvalue weighted by Crippen LogP contribution is -2.37. The second-order valence-corrected chi connectivity index (χ2v) is 13.8. The van der Waals surface area contributed by atoms with Crippen molar-refractivity contribution >= 4 is 25.1 Å². The van der Waals surface area contributed by atoms with Gasteiger partial charge in [-0.2, -0.15) is 0 Å². The number of nitrogens with zero attached hydrogens (tertiary/aromatic N) is 4. The van der Waals surface area contributed by atoms with Gasteiger partial charge in [-0.1, -0.05) is 19.6 Å². The van der Waals surface area contributed by atoms with Crippen LogP contribution in [-0.2, 0) is 4.74 Å². The number of hydrogen-bond donors (Lipinski definition) is 2. The van der Waals surface area contributed by atoms with E-state index < -0.39 is 8.07 Å². The van der Waals surface area contributed by atoms with Gasteiger partial charge in [0.2, 0.25) is 0 Å². The highest BCUT2D eigenvalue weighted by Gasteiger charge is 2.30. The minimum Gasteiger partial charge on any atom is -0.365 e. The highest BCUT2D eigenvalue weighted by atomic mass is 28.3. The van der Waals surface area contributed by atoms with Gasteiger partial charge in [0.05, 0.1) is 11.9 Å². The molecule has 1 saturated heterocycles. The Morgan fingerprint density at radius 3 is 2.90 bits per heavy atom. The van der Waals surface area contributed by atoms with E-state index in [2.05, 4.69) is 52.1 Å². The van der Waals surface area contributed by atoms with E-state index in [1.54, 1.807) is 0 Å². The van der Waals surface area contributed by atoms with E-state index in [4.69, 9.17) is 14.7 Å². The molecule has 8 heteroatoms. The zero-order chi connectivity index (χ0) is 20.4. The van der Waals surface area contributed by atoms with Gasteiger partial charge in [0.1, 0.15) is 25.3 Å². The molecule has 154 valence electrons. The molecule has 1 aliphatic rings. The standard InChI is InChI=1S/C21H30N6OSi/c1-5-28-21(29(2,3)4)27-12-9-17-20(27)24-14-18(26-17)16-7-6-10-23-19(16)25-15-8-11-22-13-15/h6-7,9-10,12,14-15,21-22H,5,8,11,13H2,1-4H3,(H,23,25). The largest absolute Gasteiger partial charge is 0.365 e. The van der Waals surface area contributed by atoms with Crippen molar-refractivity contribution in [2.45, 2.75) is 44.9 Å². The van der Waals surface area contributed by atoms with Crippen LogP contribution in [0.4, 0.5) is 5.82 Å². The van der Waals surface area contributed by atoms with Crippen LogP contribution in [0.25, 0.3) is 22.4 Å². The molecule has 4 heterocycles. The van der Waals surface area contributed by atoms with Crippen LogP contribution in [0.2, 0.25) is 19.6 Å². The fourth-order valence-corrected chi connectivity index (χ4v) is 5.56. The zero-order valence-electron chi connectivity index (χ0n) is 17.6. The highest BCUT2D eigenvalue weighted by molar-refractivity contribution is 6.76. The third-order valence-corrected chi connectivity index (χ3v) is 7.15. The number of anilines is 1. The second-order valence-electron chi connectivity index (χ2n) is 8.59. The molecule has 2 atom stereocenters. The van der Waals surface area contributed by atoms with Crippen molar-refractivity contribution in [2.24, 2.45) is 0 Å². The summed E-state index contributed by atoms with van der Waals surface area (Å²) in [5.41, 5.74) is 3.56. The lowest BCUT2D eigenvalue weighted by molar-refractivity contribution is 0.0665. The Balaban J connectivity index is 1.69. The van der Waals surface area contributed by atoms with Crippen LogP contribution >= 0.6 is 0 Å². The van der Waals surface area contributed by atoms with Gasteiger partial charge in [-0.25, -0.2) is 15.0 Å². The topological polar surface area (TPSA) is 76.9 Å². The van der Waals surface area contributed by atoms with E-state index in [9.17, 15) is 0 Å². The summed E-state index contributed by atoms with van der Waals surface area (Å²) in [6.07, 6.45) is 6.82. The number of hydrogen-bond acceptors (Lipinski definition) is 6. The third-order valence-electron chi connectivity index (χ3n) is 5.22. The van der Waals surface area contributed by atoms with Crippen LogP contribution < -0.4 is 10.6 Å². The number of fused-ring (bicyclic) bond motifs is 1. The lowest BCUT2D eigenvalue weighted by Gasteiger charge is -2.30. The molecule has 29 heavy (non-hydrogen) atoms. The fourth-order valence-electron chi connectivity index (χ4n) is 3.85. The summed E-state index contributed by atoms with van der Waals surface area (Å²) in [6.45, 7) is 11.7. The first kappa shape index (κ1) is 20.0. The first-order chi connectivity index (χ1) is 14.0. The van der Waals surface area contributed by atoms with E-state index in [0.29, 0.717) is 12.6 Å². The maximum Gasteiger partial charge on any atom is 0.160 e. The maximum atomic E-state index is 6.10. The van der Waals surface area contributed by atoms with Crippen LogP contribution in [0.3, 0.4) is 0 Å². The van der Waals surface area contributed by atoms with Gasteiger partial charge in [-0.15, -0.1) is 0 Å². The molecular formula is C21H30N6OSi. The number of aromatic nitrogens is 4. The van der Waals surface area contributed by atoms with Gasteiger partial charge in [-0.3, -0.25) is 0 Å². The first-order valence-electron chi connectivity index (χ1n) is 10.3. The van der Waals surface area contributed by atoms with Crippen molar-refractivity contribution in [3.05, 3.63) is 36.8 Å². The molecule has 1 aliphatic heterocycles. The Labute approximate surface area is 172 Å². The molecule has 0 amide bonds. The Bertz CT molecular complexity index is 977. The molecule has 1 fully saturated rings. The van der Waals surface area contributed by atoms with Gasteiger partial charge < -0.3 is 19.9 Å². The fraction of sp³-hybridized carbons (Fsp3) is 0.476. The first-order valence-corrected chi connectivity index (χ1v) is 13.9. The highest BCUT2D eigenvalue weighted by Crippen LogP contribution is 2.29. The van der Waals surface area contributed by atoms with Crippen LogP contribution in [-0.4, -0.2) is 53.3 Å². The second kappa shape index (κ2) is 8.21. The molecule has 3 aromatic rings. The van der Waals surface area contributed by atoms with Crippen LogP contribution in [0, 0.1) is 0 Å². The smallest absolute Gasteiger partial charge is 0.160 e. The van der Waals surface area contributed by atoms with E-state index >= 15 is 0 Å². The van der Waals surface area contributed by atoms with Crippen LogP contribution in [0.15, 0.2) is 36.8 Å². The van der Waals surface area contributed by atoms with Crippen molar-refractivity contribution in [3.63, 3.8) is 0 Å². The number of ether oxygens (including phenoxy) is 1.